The second-order valence-electron chi connectivity index (χ2n) is 13.8. The minimum atomic E-state index is -2.52. The van der Waals surface area contributed by atoms with E-state index in [1.165, 1.54) is 18.5 Å². The van der Waals surface area contributed by atoms with E-state index in [2.05, 4.69) is 9.98 Å². The van der Waals surface area contributed by atoms with Crippen LogP contribution >= 0.6 is 0 Å². The average molecular weight is 711 g/mol. The molecule has 3 aliphatic heterocycles. The van der Waals surface area contributed by atoms with Crippen molar-refractivity contribution in [2.24, 2.45) is 9.98 Å². The summed E-state index contributed by atoms with van der Waals surface area (Å²) in [6, 6.07) is 8.45. The molecule has 51 heavy (non-hydrogen) atoms. The summed E-state index contributed by atoms with van der Waals surface area (Å²) in [5.74, 6) is -4.57. The number of ether oxygens (including phenoxy) is 5. The smallest absolute Gasteiger partial charge is 0.336 e. The maximum atomic E-state index is 12.4. The molecule has 7 N–H and O–H groups in total. The van der Waals surface area contributed by atoms with E-state index in [0.29, 0.717) is 24.2 Å². The summed E-state index contributed by atoms with van der Waals surface area (Å²) in [6.07, 6.45) is 0.167. The molecule has 0 spiro atoms. The van der Waals surface area contributed by atoms with Crippen LogP contribution in [0.25, 0.3) is 5.76 Å². The molecule has 0 radical (unpaired) electrons. The van der Waals surface area contributed by atoms with Gasteiger partial charge in [-0.1, -0.05) is 18.6 Å². The zero-order valence-corrected chi connectivity index (χ0v) is 27.8. The molecule has 2 aromatic rings. The lowest BCUT2D eigenvalue weighted by molar-refractivity contribution is -0.303. The molecule has 0 amide bonds. The van der Waals surface area contributed by atoms with E-state index >= 15 is 0 Å². The summed E-state index contributed by atoms with van der Waals surface area (Å²) < 4.78 is 29.8. The molecular weight excluding hydrogens is 668 g/mol. The van der Waals surface area contributed by atoms with Gasteiger partial charge in [0.1, 0.15) is 53.1 Å². The number of carboxylic acid groups (broad SMARTS) is 1. The highest BCUT2D eigenvalue weighted by molar-refractivity contribution is 5.97. The quantitative estimate of drug-likeness (QED) is 0.176. The third kappa shape index (κ3) is 6.96. The van der Waals surface area contributed by atoms with Gasteiger partial charge in [0.2, 0.25) is 17.8 Å². The molecule has 2 aliphatic carbocycles. The van der Waals surface area contributed by atoms with Crippen molar-refractivity contribution < 1.29 is 64.2 Å². The number of hydrogen-bond acceptors (Lipinski definition) is 14. The molecule has 1 saturated heterocycles. The van der Waals surface area contributed by atoms with Crippen LogP contribution in [0.15, 0.2) is 46.4 Å². The van der Waals surface area contributed by atoms with Crippen LogP contribution in [0.3, 0.4) is 0 Å². The third-order valence-electron chi connectivity index (χ3n) is 10.1. The van der Waals surface area contributed by atoms with Crippen LogP contribution in [0, 0.1) is 0 Å². The van der Waals surface area contributed by atoms with Crippen molar-refractivity contribution >= 4 is 23.8 Å². The molecule has 5 aliphatic rings. The van der Waals surface area contributed by atoms with Gasteiger partial charge < -0.3 is 59.4 Å². The molecule has 2 saturated carbocycles. The van der Waals surface area contributed by atoms with Crippen LogP contribution < -0.4 is 18.9 Å². The first-order valence-corrected chi connectivity index (χ1v) is 17.3. The first kappa shape index (κ1) is 35.0. The van der Waals surface area contributed by atoms with Crippen molar-refractivity contribution in [2.75, 3.05) is 6.54 Å². The fourth-order valence-electron chi connectivity index (χ4n) is 7.39. The number of nitrogens with zero attached hydrogens (tertiary/aromatic N) is 2. The summed E-state index contributed by atoms with van der Waals surface area (Å²) in [5, 5.41) is 77.8. The Hall–Kier alpha value is -4.41. The van der Waals surface area contributed by atoms with E-state index in [1.807, 2.05) is 12.1 Å². The van der Waals surface area contributed by atoms with Gasteiger partial charge in [-0.3, -0.25) is 4.99 Å². The van der Waals surface area contributed by atoms with E-state index in [1.54, 1.807) is 12.1 Å². The van der Waals surface area contributed by atoms with Gasteiger partial charge in [0.15, 0.2) is 17.6 Å². The zero-order valence-electron chi connectivity index (χ0n) is 27.8. The second kappa shape index (κ2) is 14.0. The first-order valence-electron chi connectivity index (χ1n) is 17.3. The lowest BCUT2D eigenvalue weighted by Crippen LogP contribution is -2.69. The normalized spacial score (nSPS) is 30.2. The van der Waals surface area contributed by atoms with Gasteiger partial charge in [-0.2, -0.15) is 0 Å². The molecule has 6 atom stereocenters. The number of aromatic hydroxyl groups is 1. The number of phenolic OH excluding ortho intramolecular Hbond substituents is 1. The Kier molecular flexibility index (Phi) is 9.58. The minimum absolute atomic E-state index is 0.0656. The highest BCUT2D eigenvalue weighted by Gasteiger charge is 2.59. The number of benzene rings is 2. The predicted molar refractivity (Wildman–Crippen MR) is 179 cm³/mol. The van der Waals surface area contributed by atoms with Crippen LogP contribution in [0.4, 0.5) is 0 Å². The van der Waals surface area contributed by atoms with E-state index < -0.39 is 66.0 Å². The summed E-state index contributed by atoms with van der Waals surface area (Å²) in [7, 11) is 0. The summed E-state index contributed by atoms with van der Waals surface area (Å²) >= 11 is 0. The van der Waals surface area contributed by atoms with Crippen LogP contribution in [-0.2, 0) is 9.53 Å². The molecular formula is C36H42N2O13. The maximum absolute atomic E-state index is 12.4. The lowest BCUT2D eigenvalue weighted by Gasteiger charge is -2.46. The van der Waals surface area contributed by atoms with Gasteiger partial charge in [-0.25, -0.2) is 9.79 Å². The number of fused-ring (bicyclic) bond motifs is 1. The Bertz CT molecular complexity index is 1710. The number of carbonyl (C=O) groups is 1. The molecule has 7 rings (SSSR count). The predicted octanol–water partition coefficient (Wildman–Crippen LogP) is 3.29. The number of aliphatic carboxylic acids is 1. The number of rotatable bonds is 10. The van der Waals surface area contributed by atoms with Crippen molar-refractivity contribution in [2.45, 2.75) is 112 Å². The molecule has 0 bridgehead atoms. The van der Waals surface area contributed by atoms with Crippen molar-refractivity contribution in [3.63, 3.8) is 0 Å². The summed E-state index contributed by atoms with van der Waals surface area (Å²) in [5.41, 5.74) is -1.75. The number of carboxylic acids is 1. The van der Waals surface area contributed by atoms with Crippen LogP contribution in [0.2, 0.25) is 0 Å². The monoisotopic (exact) mass is 710 g/mol. The van der Waals surface area contributed by atoms with E-state index in [9.17, 15) is 40.5 Å². The fraction of sp³-hybridized carbons (Fsp3) is 0.528. The van der Waals surface area contributed by atoms with Crippen LogP contribution in [-0.4, -0.2) is 102 Å². The van der Waals surface area contributed by atoms with E-state index in [4.69, 9.17) is 23.7 Å². The number of aliphatic imine (C=N–C) groups is 2. The highest BCUT2D eigenvalue weighted by Crippen LogP contribution is 2.52. The van der Waals surface area contributed by atoms with Gasteiger partial charge in [-0.15, -0.1) is 0 Å². The molecule has 274 valence electrons. The Morgan fingerprint density at radius 3 is 2.37 bits per heavy atom. The molecule has 6 unspecified atom stereocenters. The standard InChI is InChI=1S/C36H42N2O13/c39-23-14-24(19-8-10-22(11-9-19)47-21-6-2-3-7-21)48-25-15-26(30(28(40)27(23)25)51-35(45)12-4-1-5-13-35)49-34-29(41)31(42)36(46,32(50-34)33(43)44)16-20-17-37-18-38-20/h8-11,14-15,18,21,24,29,31-32,34,39-42,45-46H,1-7,12-13,16-17H2,(H,43,44). The SMILES string of the molecule is O=C(O)C1OC(Oc2cc3c(c(O)c2OC2(O)CCCCC2)C(O)=CC(c2ccc(OC4CCCC4)cc2)O3)C(O)C(O)C1(O)CC1=NC=NC1. The Morgan fingerprint density at radius 1 is 0.980 bits per heavy atom. The van der Waals surface area contributed by atoms with E-state index in [-0.39, 0.29) is 54.0 Å². The van der Waals surface area contributed by atoms with Gasteiger partial charge in [0.05, 0.1) is 12.6 Å². The van der Waals surface area contributed by atoms with E-state index in [0.717, 1.165) is 32.1 Å². The molecule has 2 aromatic carbocycles. The number of aliphatic hydroxyl groups is 5. The molecule has 15 heteroatoms. The Labute approximate surface area is 293 Å². The highest BCUT2D eigenvalue weighted by atomic mass is 16.7. The Balaban J connectivity index is 1.20. The number of aliphatic hydroxyl groups excluding tert-OH is 3. The zero-order chi connectivity index (χ0) is 35.9. The van der Waals surface area contributed by atoms with Crippen molar-refractivity contribution in [1.29, 1.82) is 0 Å². The van der Waals surface area contributed by atoms with Crippen LogP contribution in [0.5, 0.6) is 28.7 Å². The number of phenols is 1. The summed E-state index contributed by atoms with van der Waals surface area (Å²) in [4.78, 5) is 20.2. The van der Waals surface area contributed by atoms with Gasteiger partial charge in [0.25, 0.3) is 0 Å². The van der Waals surface area contributed by atoms with Gasteiger partial charge >= 0.3 is 5.97 Å². The van der Waals surface area contributed by atoms with Gasteiger partial charge in [-0.05, 0) is 56.2 Å². The maximum Gasteiger partial charge on any atom is 0.336 e. The molecule has 0 aromatic heterocycles. The second-order valence-corrected chi connectivity index (χ2v) is 13.8. The average Bonchev–Trinajstić information content (AvgIpc) is 3.82. The van der Waals surface area contributed by atoms with Gasteiger partial charge in [0, 0.05) is 37.1 Å². The fourth-order valence-corrected chi connectivity index (χ4v) is 7.39. The lowest BCUT2D eigenvalue weighted by atomic mass is 9.80. The molecule has 3 heterocycles. The number of hydrogen-bond donors (Lipinski definition) is 7. The molecule has 3 fully saturated rings. The van der Waals surface area contributed by atoms with Crippen molar-refractivity contribution in [1.82, 2.24) is 0 Å². The third-order valence-corrected chi connectivity index (χ3v) is 10.1. The van der Waals surface area contributed by atoms with Crippen molar-refractivity contribution in [3.8, 4) is 28.7 Å². The summed E-state index contributed by atoms with van der Waals surface area (Å²) in [6.45, 7) is 0.0656. The first-order chi connectivity index (χ1) is 24.4. The topological polar surface area (TPSA) is 230 Å². The molecule has 15 nitrogen and oxygen atoms in total. The Morgan fingerprint density at radius 2 is 1.71 bits per heavy atom. The van der Waals surface area contributed by atoms with Crippen LogP contribution in [0.1, 0.15) is 81.4 Å². The van der Waals surface area contributed by atoms with Crippen molar-refractivity contribution in [3.05, 3.63) is 47.5 Å². The largest absolute Gasteiger partial charge is 0.507 e. The minimum Gasteiger partial charge on any atom is -0.507 e.